The summed E-state index contributed by atoms with van der Waals surface area (Å²) in [7, 11) is 0. The molecule has 4 heterocycles. The van der Waals surface area contributed by atoms with Crippen LogP contribution in [0.25, 0.3) is 44.8 Å². The summed E-state index contributed by atoms with van der Waals surface area (Å²) in [6.45, 7) is 7.81. The van der Waals surface area contributed by atoms with Crippen LogP contribution in [0.3, 0.4) is 0 Å². The van der Waals surface area contributed by atoms with Crippen LogP contribution in [0.5, 0.6) is 0 Å². The third-order valence-corrected chi connectivity index (χ3v) is 8.07. The van der Waals surface area contributed by atoms with Gasteiger partial charge in [0.1, 0.15) is 15.2 Å². The van der Waals surface area contributed by atoms with Gasteiger partial charge < -0.3 is 15.6 Å². The van der Waals surface area contributed by atoms with E-state index in [2.05, 4.69) is 38.7 Å². The van der Waals surface area contributed by atoms with E-state index in [0.29, 0.717) is 15.9 Å². The Kier molecular flexibility index (Phi) is 6.13. The summed E-state index contributed by atoms with van der Waals surface area (Å²) in [5, 5.41) is 6.95. The van der Waals surface area contributed by atoms with Gasteiger partial charge in [0.2, 0.25) is 5.91 Å². The highest BCUT2D eigenvalue weighted by Crippen LogP contribution is 2.34. The lowest BCUT2D eigenvalue weighted by atomic mass is 10.1. The fourth-order valence-electron chi connectivity index (χ4n) is 5.22. The summed E-state index contributed by atoms with van der Waals surface area (Å²) in [5.41, 5.74) is 5.00. The van der Waals surface area contributed by atoms with Crippen LogP contribution in [-0.4, -0.2) is 43.4 Å². The molecule has 1 aliphatic carbocycles. The van der Waals surface area contributed by atoms with Gasteiger partial charge in [-0.1, -0.05) is 43.5 Å². The Bertz CT molecular complexity index is 1750. The number of rotatable bonds is 6. The fourth-order valence-corrected chi connectivity index (χ4v) is 6.24. The number of pyridine rings is 2. The Labute approximate surface area is 222 Å². The number of amides is 2. The van der Waals surface area contributed by atoms with Gasteiger partial charge in [0.15, 0.2) is 0 Å². The highest BCUT2D eigenvalue weighted by Gasteiger charge is 2.31. The summed E-state index contributed by atoms with van der Waals surface area (Å²) >= 11 is 1.34. The third-order valence-electron chi connectivity index (χ3n) is 6.97. The molecular formula is C29H26N6O2S. The number of thiophene rings is 1. The monoisotopic (exact) mass is 522 g/mol. The van der Waals surface area contributed by atoms with E-state index >= 15 is 0 Å². The van der Waals surface area contributed by atoms with E-state index in [-0.39, 0.29) is 23.9 Å². The van der Waals surface area contributed by atoms with Crippen molar-refractivity contribution in [3.8, 4) is 16.9 Å². The van der Waals surface area contributed by atoms with Gasteiger partial charge in [-0.25, -0.2) is 4.98 Å². The van der Waals surface area contributed by atoms with Crippen molar-refractivity contribution in [1.82, 2.24) is 30.2 Å². The molecule has 2 amide bonds. The molecule has 1 aromatic carbocycles. The van der Waals surface area contributed by atoms with E-state index < -0.39 is 0 Å². The average Bonchev–Trinajstić information content (AvgIpc) is 3.54. The van der Waals surface area contributed by atoms with Crippen LogP contribution >= 0.6 is 11.3 Å². The van der Waals surface area contributed by atoms with E-state index in [0.717, 1.165) is 51.9 Å². The molecule has 0 spiro atoms. The molecule has 1 fully saturated rings. The molecule has 38 heavy (non-hydrogen) atoms. The number of nitrogens with one attached hydrogen (secondary N) is 3. The Morgan fingerprint density at radius 2 is 1.82 bits per heavy atom. The molecule has 0 aliphatic heterocycles. The van der Waals surface area contributed by atoms with E-state index in [1.807, 2.05) is 53.1 Å². The zero-order valence-electron chi connectivity index (χ0n) is 20.6. The Balaban J connectivity index is 1.40. The van der Waals surface area contributed by atoms with Crippen LogP contribution in [-0.2, 0) is 4.79 Å². The predicted octanol–water partition coefficient (Wildman–Crippen LogP) is 4.27. The maximum atomic E-state index is 13.5. The highest BCUT2D eigenvalue weighted by atomic mass is 32.1. The first kappa shape index (κ1) is 23.9. The third kappa shape index (κ3) is 4.20. The van der Waals surface area contributed by atoms with Gasteiger partial charge in [-0.2, -0.15) is 0 Å². The van der Waals surface area contributed by atoms with E-state index in [9.17, 15) is 9.59 Å². The van der Waals surface area contributed by atoms with E-state index in [1.54, 1.807) is 12.4 Å². The number of aromatic amines is 1. The number of hydrogen-bond donors (Lipinski definition) is 3. The zero-order valence-corrected chi connectivity index (χ0v) is 21.4. The number of carbonyl (C=O) groups excluding carboxylic acids is 2. The van der Waals surface area contributed by atoms with Crippen molar-refractivity contribution < 1.29 is 9.59 Å². The lowest BCUT2D eigenvalue weighted by Crippen LogP contribution is -2.48. The summed E-state index contributed by atoms with van der Waals surface area (Å²) in [4.78, 5) is 39.1. The molecular weight excluding hydrogens is 496 g/mol. The molecule has 0 saturated heterocycles. The van der Waals surface area contributed by atoms with Crippen molar-refractivity contribution >= 4 is 51.0 Å². The molecule has 8 nitrogen and oxygen atoms in total. The quantitative estimate of drug-likeness (QED) is 0.290. The minimum atomic E-state index is -0.230. The number of H-pyrrole nitrogens is 1. The van der Waals surface area contributed by atoms with Gasteiger partial charge >= 0.3 is 0 Å². The smallest absolute Gasteiger partial charge is 0.263 e. The second kappa shape index (κ2) is 9.75. The van der Waals surface area contributed by atoms with E-state index in [1.165, 1.54) is 17.4 Å². The minimum absolute atomic E-state index is 0.118. The van der Waals surface area contributed by atoms with Crippen LogP contribution in [0.4, 0.5) is 0 Å². The van der Waals surface area contributed by atoms with Gasteiger partial charge in [-0.05, 0) is 43.5 Å². The molecule has 1 saturated carbocycles. The van der Waals surface area contributed by atoms with Gasteiger partial charge in [0.25, 0.3) is 5.91 Å². The summed E-state index contributed by atoms with van der Waals surface area (Å²) in [5.74, 6) is -0.422. The summed E-state index contributed by atoms with van der Waals surface area (Å²) in [6.07, 6.45) is 7.34. The first-order chi connectivity index (χ1) is 18.5. The van der Waals surface area contributed by atoms with Crippen LogP contribution in [0.1, 0.15) is 28.9 Å². The first-order valence-electron chi connectivity index (χ1n) is 12.5. The number of aromatic nitrogens is 4. The molecule has 1 unspecified atom stereocenters. The standard InChI is InChI=1S/C29H26N6O2S/c1-3-24(36)33-20-10-7-11-21(20)34-28(37)27-26-25-23(13-15-31-29(25)38-27)35(17(2)32-26)19-12-14-30-22(16-19)18-8-5-4-6-9-18/h3-6,8-9,12-16,20-21,32H,1-2,7,10-11H2,(H,33,36)(H,34,37)/t20-,21?/m1/s1. The average molecular weight is 523 g/mol. The molecule has 6 rings (SSSR count). The van der Waals surface area contributed by atoms with Crippen LogP contribution < -0.4 is 16.1 Å². The molecule has 0 radical (unpaired) electrons. The maximum Gasteiger partial charge on any atom is 0.263 e. The molecule has 0 bridgehead atoms. The Hall–Kier alpha value is -4.50. The normalized spacial score (nSPS) is 17.1. The molecule has 4 aromatic heterocycles. The minimum Gasteiger partial charge on any atom is -0.348 e. The van der Waals surface area contributed by atoms with Crippen molar-refractivity contribution in [1.29, 1.82) is 0 Å². The lowest BCUT2D eigenvalue weighted by molar-refractivity contribution is -0.117. The van der Waals surface area contributed by atoms with Crippen LogP contribution in [0.2, 0.25) is 0 Å². The van der Waals surface area contributed by atoms with Crippen LogP contribution in [0, 0.1) is 0 Å². The lowest BCUT2D eigenvalue weighted by Gasteiger charge is -2.21. The molecule has 190 valence electrons. The summed E-state index contributed by atoms with van der Waals surface area (Å²) in [6, 6.07) is 15.6. The molecule has 9 heteroatoms. The highest BCUT2D eigenvalue weighted by molar-refractivity contribution is 7.21. The van der Waals surface area contributed by atoms with E-state index in [4.69, 9.17) is 0 Å². The molecule has 5 aromatic rings. The number of carbonyl (C=O) groups is 2. The van der Waals surface area contributed by atoms with Gasteiger partial charge in [-0.3, -0.25) is 19.1 Å². The van der Waals surface area contributed by atoms with Crippen molar-refractivity contribution in [3.63, 3.8) is 0 Å². The summed E-state index contributed by atoms with van der Waals surface area (Å²) < 4.78 is 2.03. The molecule has 3 N–H and O–H groups in total. The number of hydrogen-bond acceptors (Lipinski definition) is 5. The van der Waals surface area contributed by atoms with Crippen molar-refractivity contribution in [3.05, 3.63) is 83.9 Å². The topological polar surface area (TPSA) is 105 Å². The van der Waals surface area contributed by atoms with Crippen molar-refractivity contribution in [2.45, 2.75) is 31.3 Å². The van der Waals surface area contributed by atoms with Gasteiger partial charge in [-0.15, -0.1) is 11.3 Å². The fraction of sp³-hybridized carbons (Fsp3) is 0.172. The molecule has 1 aliphatic rings. The second-order valence-electron chi connectivity index (χ2n) is 9.32. The van der Waals surface area contributed by atoms with Crippen LogP contribution in [0.15, 0.2) is 73.6 Å². The number of benzene rings is 1. The number of nitrogens with zero attached hydrogens (tertiary/aromatic N) is 3. The van der Waals surface area contributed by atoms with Gasteiger partial charge in [0.05, 0.1) is 27.8 Å². The predicted molar refractivity (Wildman–Crippen MR) is 151 cm³/mol. The van der Waals surface area contributed by atoms with Crippen molar-refractivity contribution in [2.24, 2.45) is 0 Å². The largest absolute Gasteiger partial charge is 0.348 e. The van der Waals surface area contributed by atoms with Gasteiger partial charge in [0, 0.05) is 30.0 Å². The zero-order chi connectivity index (χ0) is 26.2. The first-order valence-corrected chi connectivity index (χ1v) is 13.3. The maximum absolute atomic E-state index is 13.5. The Morgan fingerprint density at radius 3 is 2.61 bits per heavy atom. The van der Waals surface area contributed by atoms with Crippen molar-refractivity contribution in [2.75, 3.05) is 0 Å². The second-order valence-corrected chi connectivity index (χ2v) is 10.3. The molecule has 2 atom stereocenters. The SMILES string of the molecule is C=CC(=O)N[C@@H]1CCCC1NC(=O)c1sc2nccc3c2c1[nH]c(=C)n3-c1ccnc(-c2ccccc2)c1. The Morgan fingerprint density at radius 1 is 1.05 bits per heavy atom.